The van der Waals surface area contributed by atoms with Gasteiger partial charge in [0.25, 0.3) is 0 Å². The van der Waals surface area contributed by atoms with Gasteiger partial charge in [-0.2, -0.15) is 0 Å². The van der Waals surface area contributed by atoms with Crippen LogP contribution in [0.4, 0.5) is 0 Å². The Kier molecular flexibility index (Phi) is 3.79. The summed E-state index contributed by atoms with van der Waals surface area (Å²) in [6.45, 7) is 4.85. The van der Waals surface area contributed by atoms with Crippen molar-refractivity contribution >= 4 is 27.5 Å². The van der Waals surface area contributed by atoms with E-state index < -0.39 is 0 Å². The van der Waals surface area contributed by atoms with Crippen molar-refractivity contribution in [1.29, 1.82) is 0 Å². The summed E-state index contributed by atoms with van der Waals surface area (Å²) in [6.07, 6.45) is 0. The van der Waals surface area contributed by atoms with Crippen LogP contribution in [-0.2, 0) is 6.54 Å². The molecule has 0 saturated carbocycles. The molecule has 0 aliphatic carbocycles. The number of halogens is 2. The molecule has 1 aromatic carbocycles. The van der Waals surface area contributed by atoms with Crippen LogP contribution >= 0.6 is 27.5 Å². The summed E-state index contributed by atoms with van der Waals surface area (Å²) in [5.74, 6) is 0. The molecule has 17 heavy (non-hydrogen) atoms. The molecule has 0 unspecified atom stereocenters. The molecule has 2 rings (SSSR count). The van der Waals surface area contributed by atoms with Crippen molar-refractivity contribution in [3.05, 3.63) is 56.8 Å². The Balaban J connectivity index is 2.15. The number of hydrogen-bond donors (Lipinski definition) is 1. The third-order valence-corrected chi connectivity index (χ3v) is 3.57. The van der Waals surface area contributed by atoms with Crippen LogP contribution in [0.5, 0.6) is 0 Å². The first-order valence-corrected chi connectivity index (χ1v) is 6.58. The average Bonchev–Trinajstić information content (AvgIpc) is 2.61. The molecule has 0 spiro atoms. The van der Waals surface area contributed by atoms with E-state index in [1.807, 2.05) is 18.2 Å². The van der Waals surface area contributed by atoms with Crippen LogP contribution in [-0.4, -0.2) is 4.68 Å². The zero-order chi connectivity index (χ0) is 12.4. The largest absolute Gasteiger partial charge is 0.321 e. The summed E-state index contributed by atoms with van der Waals surface area (Å²) >= 11 is 9.60. The van der Waals surface area contributed by atoms with Crippen molar-refractivity contribution in [3.63, 3.8) is 0 Å². The van der Waals surface area contributed by atoms with E-state index in [4.69, 9.17) is 11.6 Å². The molecule has 2 nitrogen and oxygen atoms in total. The molecular formula is C13H14BrClN2. The highest BCUT2D eigenvalue weighted by molar-refractivity contribution is 9.10. The number of aromatic nitrogens is 1. The number of nitrogens with zero attached hydrogens (tertiary/aromatic N) is 1. The maximum absolute atomic E-state index is 6.15. The van der Waals surface area contributed by atoms with Gasteiger partial charge in [0.2, 0.25) is 0 Å². The van der Waals surface area contributed by atoms with Gasteiger partial charge in [0.05, 0.1) is 6.54 Å². The Labute approximate surface area is 115 Å². The zero-order valence-electron chi connectivity index (χ0n) is 9.80. The molecule has 0 radical (unpaired) electrons. The van der Waals surface area contributed by atoms with E-state index in [0.29, 0.717) is 6.54 Å². The van der Waals surface area contributed by atoms with Crippen LogP contribution in [0.25, 0.3) is 0 Å². The van der Waals surface area contributed by atoms with Crippen molar-refractivity contribution < 1.29 is 0 Å². The Morgan fingerprint density at radius 1 is 1.18 bits per heavy atom. The first kappa shape index (κ1) is 12.5. The molecule has 4 heteroatoms. The van der Waals surface area contributed by atoms with Crippen molar-refractivity contribution in [3.8, 4) is 0 Å². The molecule has 0 bridgehead atoms. The SMILES string of the molecule is Cc1ccc(C)n1NCc1cc(Br)ccc1Cl. The second-order valence-electron chi connectivity index (χ2n) is 4.02. The molecule has 0 saturated heterocycles. The number of nitrogens with one attached hydrogen (secondary N) is 1. The Bertz CT molecular complexity index is 515. The monoisotopic (exact) mass is 312 g/mol. The van der Waals surface area contributed by atoms with Gasteiger partial charge in [-0.25, -0.2) is 0 Å². The summed E-state index contributed by atoms with van der Waals surface area (Å²) in [5, 5.41) is 0.781. The lowest BCUT2D eigenvalue weighted by Crippen LogP contribution is -2.17. The molecular weight excluding hydrogens is 300 g/mol. The van der Waals surface area contributed by atoms with E-state index in [2.05, 4.69) is 52.0 Å². The van der Waals surface area contributed by atoms with Gasteiger partial charge in [-0.3, -0.25) is 4.68 Å². The first-order chi connectivity index (χ1) is 8.08. The normalized spacial score (nSPS) is 10.6. The number of rotatable bonds is 3. The van der Waals surface area contributed by atoms with Crippen LogP contribution < -0.4 is 5.43 Å². The van der Waals surface area contributed by atoms with E-state index >= 15 is 0 Å². The highest BCUT2D eigenvalue weighted by Gasteiger charge is 2.03. The lowest BCUT2D eigenvalue weighted by atomic mass is 10.2. The fraction of sp³-hybridized carbons (Fsp3) is 0.231. The Morgan fingerprint density at radius 3 is 2.47 bits per heavy atom. The summed E-state index contributed by atoms with van der Waals surface area (Å²) in [4.78, 5) is 0. The third kappa shape index (κ3) is 2.85. The van der Waals surface area contributed by atoms with Crippen LogP contribution in [0, 0.1) is 13.8 Å². The topological polar surface area (TPSA) is 17.0 Å². The smallest absolute Gasteiger partial charge is 0.0579 e. The number of benzene rings is 1. The summed E-state index contributed by atoms with van der Waals surface area (Å²) < 4.78 is 3.11. The van der Waals surface area contributed by atoms with Gasteiger partial charge >= 0.3 is 0 Å². The van der Waals surface area contributed by atoms with Crippen LogP contribution in [0.15, 0.2) is 34.8 Å². The maximum Gasteiger partial charge on any atom is 0.0579 e. The molecule has 0 fully saturated rings. The molecule has 1 aromatic heterocycles. The predicted octanol–water partition coefficient (Wildman–Crippen LogP) is 4.26. The van der Waals surface area contributed by atoms with Crippen molar-refractivity contribution in [2.45, 2.75) is 20.4 Å². The van der Waals surface area contributed by atoms with Gasteiger partial charge in [-0.05, 0) is 49.7 Å². The van der Waals surface area contributed by atoms with E-state index in [0.717, 1.165) is 15.1 Å². The Morgan fingerprint density at radius 2 is 1.82 bits per heavy atom. The van der Waals surface area contributed by atoms with Crippen LogP contribution in [0.3, 0.4) is 0 Å². The highest BCUT2D eigenvalue weighted by Crippen LogP contribution is 2.21. The summed E-state index contributed by atoms with van der Waals surface area (Å²) in [7, 11) is 0. The standard InChI is InChI=1S/C13H14BrClN2/c1-9-3-4-10(2)17(9)16-8-11-7-12(14)5-6-13(11)15/h3-7,16H,8H2,1-2H3. The van der Waals surface area contributed by atoms with Gasteiger partial charge in [0.1, 0.15) is 0 Å². The fourth-order valence-corrected chi connectivity index (χ4v) is 2.35. The van der Waals surface area contributed by atoms with Gasteiger partial charge in [0.15, 0.2) is 0 Å². The second kappa shape index (κ2) is 5.15. The minimum atomic E-state index is 0.703. The zero-order valence-corrected chi connectivity index (χ0v) is 12.1. The number of hydrogen-bond acceptors (Lipinski definition) is 1. The minimum Gasteiger partial charge on any atom is -0.321 e. The van der Waals surface area contributed by atoms with Crippen molar-refractivity contribution in [2.24, 2.45) is 0 Å². The minimum absolute atomic E-state index is 0.703. The quantitative estimate of drug-likeness (QED) is 0.895. The van der Waals surface area contributed by atoms with Crippen LogP contribution in [0.1, 0.15) is 17.0 Å². The molecule has 1 heterocycles. The molecule has 0 aliphatic rings. The summed E-state index contributed by atoms with van der Waals surface area (Å²) in [6, 6.07) is 10.1. The molecule has 2 aromatic rings. The highest BCUT2D eigenvalue weighted by atomic mass is 79.9. The first-order valence-electron chi connectivity index (χ1n) is 5.40. The van der Waals surface area contributed by atoms with E-state index in [9.17, 15) is 0 Å². The van der Waals surface area contributed by atoms with Crippen molar-refractivity contribution in [2.75, 3.05) is 5.43 Å². The Hall–Kier alpha value is -0.930. The molecule has 1 N–H and O–H groups in total. The lowest BCUT2D eigenvalue weighted by molar-refractivity contribution is 0.792. The maximum atomic E-state index is 6.15. The van der Waals surface area contributed by atoms with E-state index in [1.165, 1.54) is 11.4 Å². The van der Waals surface area contributed by atoms with E-state index in [-0.39, 0.29) is 0 Å². The lowest BCUT2D eigenvalue weighted by Gasteiger charge is -2.13. The molecule has 0 atom stereocenters. The van der Waals surface area contributed by atoms with Crippen molar-refractivity contribution in [1.82, 2.24) is 4.68 Å². The van der Waals surface area contributed by atoms with Gasteiger partial charge in [0, 0.05) is 20.9 Å². The van der Waals surface area contributed by atoms with E-state index in [1.54, 1.807) is 0 Å². The molecule has 0 amide bonds. The third-order valence-electron chi connectivity index (χ3n) is 2.71. The fourth-order valence-electron chi connectivity index (χ4n) is 1.76. The average molecular weight is 314 g/mol. The summed E-state index contributed by atoms with van der Waals surface area (Å²) in [5.41, 5.74) is 6.81. The number of aryl methyl sites for hydroxylation is 2. The van der Waals surface area contributed by atoms with Crippen LogP contribution in [0.2, 0.25) is 5.02 Å². The van der Waals surface area contributed by atoms with Gasteiger partial charge in [-0.15, -0.1) is 0 Å². The van der Waals surface area contributed by atoms with Gasteiger partial charge < -0.3 is 5.43 Å². The predicted molar refractivity (Wildman–Crippen MR) is 76.1 cm³/mol. The molecule has 90 valence electrons. The molecule has 0 aliphatic heterocycles. The second-order valence-corrected chi connectivity index (χ2v) is 5.35. The van der Waals surface area contributed by atoms with Gasteiger partial charge in [-0.1, -0.05) is 27.5 Å².